The van der Waals surface area contributed by atoms with Crippen molar-refractivity contribution in [1.82, 2.24) is 5.32 Å². The molecule has 2 N–H and O–H groups in total. The first kappa shape index (κ1) is 16.1. The molecule has 0 fully saturated rings. The normalized spacial score (nSPS) is 16.4. The van der Waals surface area contributed by atoms with Crippen LogP contribution in [0.3, 0.4) is 0 Å². The standard InChI is InChI=1S/C19H29NO/c1-4-5-6-7-8-9-12-20-17-11-10-16-14(2)13-15(3)19(21)18(16)17/h10-11,13,17,20-21H,4-9,12H2,1-3H3. The van der Waals surface area contributed by atoms with Crippen LogP contribution in [0.4, 0.5) is 0 Å². The fourth-order valence-corrected chi connectivity index (χ4v) is 3.18. The van der Waals surface area contributed by atoms with Crippen molar-refractivity contribution in [3.8, 4) is 5.75 Å². The van der Waals surface area contributed by atoms with Crippen LogP contribution in [0.5, 0.6) is 5.75 Å². The second-order valence-electron chi connectivity index (χ2n) is 6.24. The highest BCUT2D eigenvalue weighted by Crippen LogP contribution is 2.39. The molecular weight excluding hydrogens is 258 g/mol. The number of aromatic hydroxyl groups is 1. The molecule has 21 heavy (non-hydrogen) atoms. The largest absolute Gasteiger partial charge is 0.507 e. The van der Waals surface area contributed by atoms with Crippen LogP contribution in [0.1, 0.15) is 73.7 Å². The fourth-order valence-electron chi connectivity index (χ4n) is 3.18. The van der Waals surface area contributed by atoms with Gasteiger partial charge in [-0.2, -0.15) is 0 Å². The maximum Gasteiger partial charge on any atom is 0.124 e. The van der Waals surface area contributed by atoms with Gasteiger partial charge in [0.15, 0.2) is 0 Å². The second kappa shape index (κ2) is 7.65. The molecule has 0 saturated heterocycles. The molecule has 0 bridgehead atoms. The number of fused-ring (bicyclic) bond motifs is 1. The summed E-state index contributed by atoms with van der Waals surface area (Å²) in [6.45, 7) is 7.37. The zero-order chi connectivity index (χ0) is 15.2. The van der Waals surface area contributed by atoms with Crippen molar-refractivity contribution in [2.24, 2.45) is 0 Å². The van der Waals surface area contributed by atoms with Crippen LogP contribution in [-0.2, 0) is 0 Å². The number of phenolic OH excluding ortho intramolecular Hbond substituents is 1. The molecule has 1 unspecified atom stereocenters. The summed E-state index contributed by atoms with van der Waals surface area (Å²) in [5.41, 5.74) is 4.48. The lowest BCUT2D eigenvalue weighted by Gasteiger charge is -2.17. The molecule has 0 saturated carbocycles. The quantitative estimate of drug-likeness (QED) is 0.657. The van der Waals surface area contributed by atoms with Crippen molar-refractivity contribution in [3.63, 3.8) is 0 Å². The van der Waals surface area contributed by atoms with Gasteiger partial charge in [0.05, 0.1) is 6.04 Å². The molecule has 2 rings (SSSR count). The first-order chi connectivity index (χ1) is 10.1. The maximum absolute atomic E-state index is 10.3. The van der Waals surface area contributed by atoms with Crippen LogP contribution < -0.4 is 5.32 Å². The molecule has 0 amide bonds. The van der Waals surface area contributed by atoms with E-state index in [0.717, 1.165) is 17.7 Å². The Labute approximate surface area is 129 Å². The number of hydrogen-bond donors (Lipinski definition) is 2. The minimum atomic E-state index is 0.175. The molecule has 116 valence electrons. The zero-order valence-electron chi connectivity index (χ0n) is 13.7. The second-order valence-corrected chi connectivity index (χ2v) is 6.24. The van der Waals surface area contributed by atoms with Gasteiger partial charge in [-0.1, -0.05) is 57.2 Å². The average Bonchev–Trinajstić information content (AvgIpc) is 2.88. The Morgan fingerprint density at radius 3 is 2.52 bits per heavy atom. The van der Waals surface area contributed by atoms with Gasteiger partial charge in [0.1, 0.15) is 5.75 Å². The topological polar surface area (TPSA) is 32.3 Å². The summed E-state index contributed by atoms with van der Waals surface area (Å²) in [5.74, 6) is 0.459. The van der Waals surface area contributed by atoms with Crippen molar-refractivity contribution in [1.29, 1.82) is 0 Å². The van der Waals surface area contributed by atoms with E-state index in [0.29, 0.717) is 5.75 Å². The highest BCUT2D eigenvalue weighted by atomic mass is 16.3. The molecule has 1 aliphatic rings. The highest BCUT2D eigenvalue weighted by molar-refractivity contribution is 5.70. The predicted molar refractivity (Wildman–Crippen MR) is 90.7 cm³/mol. The van der Waals surface area contributed by atoms with Crippen LogP contribution in [0.2, 0.25) is 0 Å². The SMILES string of the molecule is CCCCCCCCNC1C=Cc2c(C)cc(C)c(O)c21. The maximum atomic E-state index is 10.3. The van der Waals surface area contributed by atoms with Crippen LogP contribution in [0.25, 0.3) is 6.08 Å². The first-order valence-electron chi connectivity index (χ1n) is 8.39. The summed E-state index contributed by atoms with van der Waals surface area (Å²) in [4.78, 5) is 0. The molecule has 1 aromatic rings. The van der Waals surface area contributed by atoms with Crippen molar-refractivity contribution in [3.05, 3.63) is 34.4 Å². The highest BCUT2D eigenvalue weighted by Gasteiger charge is 2.23. The van der Waals surface area contributed by atoms with Crippen molar-refractivity contribution >= 4 is 6.08 Å². The van der Waals surface area contributed by atoms with Gasteiger partial charge in [0.2, 0.25) is 0 Å². The molecular formula is C19H29NO. The van der Waals surface area contributed by atoms with Gasteiger partial charge in [-0.3, -0.25) is 0 Å². The Morgan fingerprint density at radius 2 is 1.76 bits per heavy atom. The summed E-state index contributed by atoms with van der Waals surface area (Å²) in [6, 6.07) is 2.24. The summed E-state index contributed by atoms with van der Waals surface area (Å²) in [6.07, 6.45) is 12.2. The average molecular weight is 287 g/mol. The number of phenols is 1. The van der Waals surface area contributed by atoms with E-state index in [1.165, 1.54) is 49.7 Å². The third-order valence-electron chi connectivity index (χ3n) is 4.44. The van der Waals surface area contributed by atoms with Crippen molar-refractivity contribution < 1.29 is 5.11 Å². The monoisotopic (exact) mass is 287 g/mol. The lowest BCUT2D eigenvalue weighted by molar-refractivity contribution is 0.454. The molecule has 0 heterocycles. The Hall–Kier alpha value is -1.28. The lowest BCUT2D eigenvalue weighted by atomic mass is 9.97. The summed E-state index contributed by atoms with van der Waals surface area (Å²) in [7, 11) is 0. The number of nitrogens with one attached hydrogen (secondary N) is 1. The van der Waals surface area contributed by atoms with Crippen molar-refractivity contribution in [2.75, 3.05) is 6.54 Å². The number of unbranched alkanes of at least 4 members (excludes halogenated alkanes) is 5. The zero-order valence-corrected chi connectivity index (χ0v) is 13.7. The Balaban J connectivity index is 1.84. The molecule has 2 nitrogen and oxygen atoms in total. The van der Waals surface area contributed by atoms with E-state index in [1.54, 1.807) is 0 Å². The summed E-state index contributed by atoms with van der Waals surface area (Å²) in [5, 5.41) is 13.9. The van der Waals surface area contributed by atoms with Crippen molar-refractivity contribution in [2.45, 2.75) is 65.3 Å². The fraction of sp³-hybridized carbons (Fsp3) is 0.579. The molecule has 0 aromatic heterocycles. The molecule has 2 heteroatoms. The van der Waals surface area contributed by atoms with Gasteiger partial charge in [-0.25, -0.2) is 0 Å². The van der Waals surface area contributed by atoms with Crippen LogP contribution >= 0.6 is 0 Å². The molecule has 1 aromatic carbocycles. The predicted octanol–water partition coefficient (Wildman–Crippen LogP) is 5.03. The van der Waals surface area contributed by atoms with Gasteiger partial charge in [0, 0.05) is 5.56 Å². The van der Waals surface area contributed by atoms with Gasteiger partial charge < -0.3 is 10.4 Å². The smallest absolute Gasteiger partial charge is 0.124 e. The molecule has 0 spiro atoms. The minimum Gasteiger partial charge on any atom is -0.507 e. The Morgan fingerprint density at radius 1 is 1.05 bits per heavy atom. The van der Waals surface area contributed by atoms with E-state index in [2.05, 4.69) is 37.4 Å². The first-order valence-corrected chi connectivity index (χ1v) is 8.39. The number of aryl methyl sites for hydroxylation is 2. The molecule has 0 aliphatic heterocycles. The van der Waals surface area contributed by atoms with E-state index >= 15 is 0 Å². The van der Waals surface area contributed by atoms with E-state index in [9.17, 15) is 5.11 Å². The van der Waals surface area contributed by atoms with E-state index < -0.39 is 0 Å². The summed E-state index contributed by atoms with van der Waals surface area (Å²) < 4.78 is 0. The van der Waals surface area contributed by atoms with Gasteiger partial charge in [0.25, 0.3) is 0 Å². The van der Waals surface area contributed by atoms with Gasteiger partial charge >= 0.3 is 0 Å². The number of benzene rings is 1. The van der Waals surface area contributed by atoms with E-state index in [4.69, 9.17) is 0 Å². The number of hydrogen-bond acceptors (Lipinski definition) is 2. The van der Waals surface area contributed by atoms with Crippen LogP contribution in [0, 0.1) is 13.8 Å². The Kier molecular flexibility index (Phi) is 5.86. The van der Waals surface area contributed by atoms with Crippen LogP contribution in [0.15, 0.2) is 12.1 Å². The minimum absolute atomic E-state index is 0.175. The number of rotatable bonds is 8. The van der Waals surface area contributed by atoms with Gasteiger partial charge in [-0.15, -0.1) is 0 Å². The van der Waals surface area contributed by atoms with E-state index in [1.807, 2.05) is 6.92 Å². The van der Waals surface area contributed by atoms with Crippen LogP contribution in [-0.4, -0.2) is 11.7 Å². The molecule has 1 atom stereocenters. The Bertz CT molecular complexity index is 505. The molecule has 0 radical (unpaired) electrons. The third-order valence-corrected chi connectivity index (χ3v) is 4.44. The lowest BCUT2D eigenvalue weighted by Crippen LogP contribution is -2.20. The van der Waals surface area contributed by atoms with Gasteiger partial charge in [-0.05, 0) is 43.5 Å². The summed E-state index contributed by atoms with van der Waals surface area (Å²) >= 11 is 0. The van der Waals surface area contributed by atoms with E-state index in [-0.39, 0.29) is 6.04 Å². The third kappa shape index (κ3) is 3.88. The molecule has 1 aliphatic carbocycles.